The molecule has 4 nitrogen and oxygen atoms in total. The van der Waals surface area contributed by atoms with Crippen LogP contribution in [0.25, 0.3) is 6.08 Å². The molecule has 146 valence electrons. The second-order valence-electron chi connectivity index (χ2n) is 6.32. The molecule has 0 unspecified atom stereocenters. The SMILES string of the molecule is COc1ccc(C(=O)/C=C/c2ccc(F)cc2)c(OC(=O)c2ccccc2C)c1. The van der Waals surface area contributed by atoms with Gasteiger partial charge in [0.1, 0.15) is 17.3 Å². The van der Waals surface area contributed by atoms with E-state index in [-0.39, 0.29) is 22.9 Å². The molecule has 3 aromatic rings. The van der Waals surface area contributed by atoms with Gasteiger partial charge in [0, 0.05) is 6.07 Å². The third-order valence-electron chi connectivity index (χ3n) is 4.32. The topological polar surface area (TPSA) is 52.6 Å². The van der Waals surface area contributed by atoms with Crippen LogP contribution in [-0.2, 0) is 0 Å². The van der Waals surface area contributed by atoms with Crippen LogP contribution in [0.2, 0.25) is 0 Å². The molecule has 0 saturated carbocycles. The van der Waals surface area contributed by atoms with Gasteiger partial charge in [-0.3, -0.25) is 4.79 Å². The molecule has 3 aromatic carbocycles. The van der Waals surface area contributed by atoms with Crippen molar-refractivity contribution >= 4 is 17.8 Å². The summed E-state index contributed by atoms with van der Waals surface area (Å²) in [5.41, 5.74) is 2.07. The van der Waals surface area contributed by atoms with Crippen LogP contribution in [0.4, 0.5) is 4.39 Å². The van der Waals surface area contributed by atoms with Crippen LogP contribution >= 0.6 is 0 Å². The first kappa shape index (κ1) is 20.0. The molecule has 0 aliphatic rings. The Labute approximate surface area is 168 Å². The number of allylic oxidation sites excluding steroid dienone is 1. The summed E-state index contributed by atoms with van der Waals surface area (Å²) >= 11 is 0. The zero-order valence-electron chi connectivity index (χ0n) is 16.0. The molecule has 0 aliphatic heterocycles. The number of benzene rings is 3. The summed E-state index contributed by atoms with van der Waals surface area (Å²) in [6.45, 7) is 1.81. The van der Waals surface area contributed by atoms with E-state index in [2.05, 4.69) is 0 Å². The van der Waals surface area contributed by atoms with Crippen molar-refractivity contribution in [2.45, 2.75) is 6.92 Å². The molecule has 0 radical (unpaired) electrons. The fourth-order valence-corrected chi connectivity index (χ4v) is 2.71. The van der Waals surface area contributed by atoms with Gasteiger partial charge >= 0.3 is 5.97 Å². The van der Waals surface area contributed by atoms with Gasteiger partial charge in [-0.05, 0) is 54.5 Å². The summed E-state index contributed by atoms with van der Waals surface area (Å²) in [6, 6.07) is 17.4. The van der Waals surface area contributed by atoms with E-state index in [0.717, 1.165) is 5.56 Å². The van der Waals surface area contributed by atoms with Gasteiger partial charge in [0.25, 0.3) is 0 Å². The molecule has 0 bridgehead atoms. The first-order chi connectivity index (χ1) is 14.0. The van der Waals surface area contributed by atoms with Crippen LogP contribution in [-0.4, -0.2) is 18.9 Å². The minimum absolute atomic E-state index is 0.103. The average molecular weight is 390 g/mol. The van der Waals surface area contributed by atoms with Crippen LogP contribution in [0.15, 0.2) is 72.8 Å². The van der Waals surface area contributed by atoms with Crippen LogP contribution < -0.4 is 9.47 Å². The monoisotopic (exact) mass is 390 g/mol. The lowest BCUT2D eigenvalue weighted by Gasteiger charge is -2.11. The fraction of sp³-hybridized carbons (Fsp3) is 0.0833. The highest BCUT2D eigenvalue weighted by Gasteiger charge is 2.17. The number of carbonyl (C=O) groups excluding carboxylic acids is 2. The summed E-state index contributed by atoms with van der Waals surface area (Å²) in [5.74, 6) is -0.713. The minimum Gasteiger partial charge on any atom is -0.497 e. The third-order valence-corrected chi connectivity index (χ3v) is 4.32. The lowest BCUT2D eigenvalue weighted by atomic mass is 10.1. The van der Waals surface area contributed by atoms with Crippen molar-refractivity contribution in [1.82, 2.24) is 0 Å². The predicted molar refractivity (Wildman–Crippen MR) is 109 cm³/mol. The number of aryl methyl sites for hydroxylation is 1. The molecule has 29 heavy (non-hydrogen) atoms. The largest absolute Gasteiger partial charge is 0.497 e. The highest BCUT2D eigenvalue weighted by Crippen LogP contribution is 2.27. The number of rotatable bonds is 6. The van der Waals surface area contributed by atoms with E-state index in [0.29, 0.717) is 16.9 Å². The third kappa shape index (κ3) is 4.96. The lowest BCUT2D eigenvalue weighted by Crippen LogP contribution is -2.12. The van der Waals surface area contributed by atoms with Crippen LogP contribution in [0, 0.1) is 12.7 Å². The van der Waals surface area contributed by atoms with Crippen molar-refractivity contribution in [1.29, 1.82) is 0 Å². The maximum atomic E-state index is 13.0. The van der Waals surface area contributed by atoms with Crippen molar-refractivity contribution in [3.63, 3.8) is 0 Å². The van der Waals surface area contributed by atoms with E-state index in [1.165, 1.54) is 37.5 Å². The quantitative estimate of drug-likeness (QED) is 0.249. The Morgan fingerprint density at radius 2 is 1.66 bits per heavy atom. The zero-order valence-corrected chi connectivity index (χ0v) is 16.0. The molecule has 0 heterocycles. The molecule has 0 saturated heterocycles. The second-order valence-corrected chi connectivity index (χ2v) is 6.32. The Morgan fingerprint density at radius 1 is 0.931 bits per heavy atom. The number of methoxy groups -OCH3 is 1. The van der Waals surface area contributed by atoms with Gasteiger partial charge in [-0.2, -0.15) is 0 Å². The highest BCUT2D eigenvalue weighted by molar-refractivity contribution is 6.09. The van der Waals surface area contributed by atoms with Crippen molar-refractivity contribution in [2.75, 3.05) is 7.11 Å². The molecule has 0 spiro atoms. The zero-order chi connectivity index (χ0) is 20.8. The molecule has 0 N–H and O–H groups in total. The Morgan fingerprint density at radius 3 is 2.34 bits per heavy atom. The Kier molecular flexibility index (Phi) is 6.19. The smallest absolute Gasteiger partial charge is 0.343 e. The summed E-state index contributed by atoms with van der Waals surface area (Å²) in [7, 11) is 1.48. The Bertz CT molecular complexity index is 1070. The van der Waals surface area contributed by atoms with E-state index >= 15 is 0 Å². The number of hydrogen-bond donors (Lipinski definition) is 0. The van der Waals surface area contributed by atoms with Gasteiger partial charge in [-0.15, -0.1) is 0 Å². The van der Waals surface area contributed by atoms with Gasteiger partial charge in [0.2, 0.25) is 0 Å². The maximum Gasteiger partial charge on any atom is 0.343 e. The Balaban J connectivity index is 1.88. The molecule has 5 heteroatoms. The number of esters is 1. The van der Waals surface area contributed by atoms with Gasteiger partial charge in [-0.1, -0.05) is 36.4 Å². The molecule has 0 fully saturated rings. The van der Waals surface area contributed by atoms with E-state index < -0.39 is 5.97 Å². The van der Waals surface area contributed by atoms with Crippen molar-refractivity contribution in [3.05, 3.63) is 101 Å². The van der Waals surface area contributed by atoms with Crippen LogP contribution in [0.5, 0.6) is 11.5 Å². The molecule has 0 atom stereocenters. The Hall–Kier alpha value is -3.73. The predicted octanol–water partition coefficient (Wildman–Crippen LogP) is 5.26. The molecule has 0 aromatic heterocycles. The fourth-order valence-electron chi connectivity index (χ4n) is 2.71. The highest BCUT2D eigenvalue weighted by atomic mass is 19.1. The summed E-state index contributed by atoms with van der Waals surface area (Å²) < 4.78 is 23.7. The van der Waals surface area contributed by atoms with Crippen molar-refractivity contribution in [2.24, 2.45) is 0 Å². The number of ether oxygens (including phenoxy) is 2. The van der Waals surface area contributed by atoms with E-state index in [4.69, 9.17) is 9.47 Å². The summed E-state index contributed by atoms with van der Waals surface area (Å²) in [5, 5.41) is 0. The first-order valence-corrected chi connectivity index (χ1v) is 8.92. The van der Waals surface area contributed by atoms with Gasteiger partial charge in [0.05, 0.1) is 18.2 Å². The second kappa shape index (κ2) is 8.97. The van der Waals surface area contributed by atoms with Crippen LogP contribution in [0.3, 0.4) is 0 Å². The van der Waals surface area contributed by atoms with E-state index in [1.807, 2.05) is 6.07 Å². The van der Waals surface area contributed by atoms with E-state index in [9.17, 15) is 14.0 Å². The lowest BCUT2D eigenvalue weighted by molar-refractivity contribution is 0.0732. The molecule has 0 amide bonds. The van der Waals surface area contributed by atoms with Gasteiger partial charge < -0.3 is 9.47 Å². The number of carbonyl (C=O) groups is 2. The number of ketones is 1. The van der Waals surface area contributed by atoms with Gasteiger partial charge in [-0.25, -0.2) is 9.18 Å². The average Bonchev–Trinajstić information content (AvgIpc) is 2.73. The van der Waals surface area contributed by atoms with Crippen LogP contribution in [0.1, 0.15) is 31.8 Å². The summed E-state index contributed by atoms with van der Waals surface area (Å²) in [6.07, 6.45) is 2.92. The first-order valence-electron chi connectivity index (χ1n) is 8.92. The van der Waals surface area contributed by atoms with Crippen molar-refractivity contribution in [3.8, 4) is 11.5 Å². The molecule has 3 rings (SSSR count). The standard InChI is InChI=1S/C24H19FO4/c1-16-5-3-4-6-20(16)24(27)29-23-15-19(28-2)12-13-21(23)22(26)14-9-17-7-10-18(25)11-8-17/h3-15H,1-2H3/b14-9+. The number of hydrogen-bond acceptors (Lipinski definition) is 4. The molecular formula is C24H19FO4. The van der Waals surface area contributed by atoms with Gasteiger partial charge in [0.15, 0.2) is 5.78 Å². The summed E-state index contributed by atoms with van der Waals surface area (Å²) in [4.78, 5) is 25.3. The maximum absolute atomic E-state index is 13.0. The molecule has 0 aliphatic carbocycles. The number of halogens is 1. The van der Waals surface area contributed by atoms with E-state index in [1.54, 1.807) is 49.4 Å². The van der Waals surface area contributed by atoms with Crippen molar-refractivity contribution < 1.29 is 23.5 Å². The molecular weight excluding hydrogens is 371 g/mol. The minimum atomic E-state index is -0.562. The normalized spacial score (nSPS) is 10.7.